The molecule has 2 fully saturated rings. The van der Waals surface area contributed by atoms with Gasteiger partial charge in [0.25, 0.3) is 11.6 Å². The maximum absolute atomic E-state index is 12.6. The van der Waals surface area contributed by atoms with Gasteiger partial charge in [0.2, 0.25) is 0 Å². The van der Waals surface area contributed by atoms with E-state index in [0.29, 0.717) is 22.3 Å². The van der Waals surface area contributed by atoms with Crippen molar-refractivity contribution in [3.8, 4) is 0 Å². The summed E-state index contributed by atoms with van der Waals surface area (Å²) in [5, 5.41) is 14.3. The summed E-state index contributed by atoms with van der Waals surface area (Å²) in [4.78, 5) is 23.9. The Morgan fingerprint density at radius 1 is 1.33 bits per heavy atom. The largest absolute Gasteiger partial charge is 0.349 e. The highest BCUT2D eigenvalue weighted by Crippen LogP contribution is 2.40. The predicted octanol–water partition coefficient (Wildman–Crippen LogP) is 2.95. The molecule has 6 nitrogen and oxygen atoms in total. The number of carbonyl (C=O) groups excluding carboxylic acids is 1. The number of rotatable bonds is 4. The van der Waals surface area contributed by atoms with Gasteiger partial charge in [-0.1, -0.05) is 6.42 Å². The molecule has 2 aliphatic carbocycles. The highest BCUT2D eigenvalue weighted by Gasteiger charge is 2.40. The molecule has 1 aromatic rings. The second kappa shape index (κ2) is 7.11. The van der Waals surface area contributed by atoms with Crippen molar-refractivity contribution >= 4 is 23.4 Å². The molecule has 24 heavy (non-hydrogen) atoms. The zero-order chi connectivity index (χ0) is 17.3. The third-order valence-electron chi connectivity index (χ3n) is 5.31. The molecule has 0 aromatic heterocycles. The monoisotopic (exact) mass is 349 g/mol. The standard InChI is InChI=1S/C17H23N3O3S/c1-24-15-6-5-12(9-14(15)20(22)23)17(21)19-16-10-3-2-4-11(16)8-13(18)7-10/h5-6,9-11,13,16H,2-4,7-8,18H2,1H3,(H,19,21). The van der Waals surface area contributed by atoms with Crippen molar-refractivity contribution in [1.29, 1.82) is 0 Å². The Bertz CT molecular complexity index is 638. The first kappa shape index (κ1) is 17.2. The van der Waals surface area contributed by atoms with E-state index in [1.807, 2.05) is 0 Å². The van der Waals surface area contributed by atoms with E-state index in [-0.39, 0.29) is 23.7 Å². The lowest BCUT2D eigenvalue weighted by Gasteiger charge is -2.45. The molecule has 0 aliphatic heterocycles. The molecule has 2 bridgehead atoms. The summed E-state index contributed by atoms with van der Waals surface area (Å²) in [6.07, 6.45) is 7.08. The van der Waals surface area contributed by atoms with Gasteiger partial charge in [-0.3, -0.25) is 14.9 Å². The van der Waals surface area contributed by atoms with Gasteiger partial charge in [-0.2, -0.15) is 0 Å². The number of nitro benzene ring substituents is 1. The second-order valence-corrected chi connectivity index (χ2v) is 7.67. The predicted molar refractivity (Wildman–Crippen MR) is 94.2 cm³/mol. The van der Waals surface area contributed by atoms with Gasteiger partial charge in [-0.25, -0.2) is 0 Å². The van der Waals surface area contributed by atoms with Crippen LogP contribution in [0.1, 0.15) is 42.5 Å². The Balaban J connectivity index is 1.77. The highest BCUT2D eigenvalue weighted by atomic mass is 32.2. The van der Waals surface area contributed by atoms with Gasteiger partial charge in [0.05, 0.1) is 9.82 Å². The minimum atomic E-state index is -0.434. The van der Waals surface area contributed by atoms with Crippen LogP contribution in [0.3, 0.4) is 0 Å². The molecular weight excluding hydrogens is 326 g/mol. The van der Waals surface area contributed by atoms with Crippen molar-refractivity contribution in [1.82, 2.24) is 5.32 Å². The summed E-state index contributed by atoms with van der Waals surface area (Å²) < 4.78 is 0. The number of nitrogens with zero attached hydrogens (tertiary/aromatic N) is 1. The summed E-state index contributed by atoms with van der Waals surface area (Å²) in [6.45, 7) is 0. The minimum Gasteiger partial charge on any atom is -0.349 e. The first-order valence-corrected chi connectivity index (χ1v) is 9.61. The maximum Gasteiger partial charge on any atom is 0.283 e. The Morgan fingerprint density at radius 3 is 2.58 bits per heavy atom. The third-order valence-corrected chi connectivity index (χ3v) is 6.10. The van der Waals surface area contributed by atoms with E-state index in [1.54, 1.807) is 18.4 Å². The van der Waals surface area contributed by atoms with E-state index in [1.165, 1.54) is 24.2 Å². The molecule has 0 heterocycles. The quantitative estimate of drug-likeness (QED) is 0.495. The van der Waals surface area contributed by atoms with Crippen molar-refractivity contribution < 1.29 is 9.72 Å². The van der Waals surface area contributed by atoms with Gasteiger partial charge in [0.1, 0.15) is 0 Å². The van der Waals surface area contributed by atoms with Gasteiger partial charge in [-0.15, -0.1) is 11.8 Å². The zero-order valence-electron chi connectivity index (χ0n) is 13.7. The van der Waals surface area contributed by atoms with Crippen LogP contribution in [0, 0.1) is 22.0 Å². The van der Waals surface area contributed by atoms with Crippen LogP contribution in [0.15, 0.2) is 23.1 Å². The number of nitrogens with two attached hydrogens (primary N) is 1. The van der Waals surface area contributed by atoms with Crippen LogP contribution in [0.4, 0.5) is 5.69 Å². The van der Waals surface area contributed by atoms with Crippen LogP contribution in [0.5, 0.6) is 0 Å². The van der Waals surface area contributed by atoms with E-state index in [2.05, 4.69) is 5.32 Å². The first-order chi connectivity index (χ1) is 11.5. The SMILES string of the molecule is CSc1ccc(C(=O)NC2C3CCCC2CC(N)C3)cc1[N+](=O)[O-]. The van der Waals surface area contributed by atoms with E-state index in [0.717, 1.165) is 25.7 Å². The van der Waals surface area contributed by atoms with Crippen LogP contribution >= 0.6 is 11.8 Å². The molecule has 2 atom stereocenters. The maximum atomic E-state index is 12.6. The Kier molecular flexibility index (Phi) is 5.10. The van der Waals surface area contributed by atoms with E-state index < -0.39 is 4.92 Å². The Morgan fingerprint density at radius 2 is 2.00 bits per heavy atom. The molecule has 7 heteroatoms. The summed E-state index contributed by atoms with van der Waals surface area (Å²) in [5.41, 5.74) is 6.47. The fourth-order valence-corrected chi connectivity index (χ4v) is 4.78. The molecule has 130 valence electrons. The van der Waals surface area contributed by atoms with Crippen molar-refractivity contribution in [2.45, 2.75) is 49.1 Å². The topological polar surface area (TPSA) is 98.3 Å². The number of hydrogen-bond acceptors (Lipinski definition) is 5. The average molecular weight is 349 g/mol. The number of hydrogen-bond donors (Lipinski definition) is 2. The number of thioether (sulfide) groups is 1. The van der Waals surface area contributed by atoms with Crippen molar-refractivity contribution in [2.75, 3.05) is 6.26 Å². The van der Waals surface area contributed by atoms with Crippen LogP contribution in [-0.2, 0) is 0 Å². The van der Waals surface area contributed by atoms with Crippen LogP contribution < -0.4 is 11.1 Å². The van der Waals surface area contributed by atoms with Gasteiger partial charge in [-0.05, 0) is 55.9 Å². The minimum absolute atomic E-state index is 0.0130. The fourth-order valence-electron chi connectivity index (χ4n) is 4.23. The molecule has 0 radical (unpaired) electrons. The van der Waals surface area contributed by atoms with Gasteiger partial charge in [0, 0.05) is 23.7 Å². The third kappa shape index (κ3) is 3.42. The summed E-state index contributed by atoms with van der Waals surface area (Å²) in [6, 6.07) is 5.07. The first-order valence-electron chi connectivity index (χ1n) is 8.38. The normalized spacial score (nSPS) is 29.1. The lowest BCUT2D eigenvalue weighted by atomic mass is 9.67. The zero-order valence-corrected chi connectivity index (χ0v) is 14.6. The van der Waals surface area contributed by atoms with Crippen molar-refractivity contribution in [2.24, 2.45) is 17.6 Å². The molecule has 3 N–H and O–H groups in total. The number of nitro groups is 1. The second-order valence-electron chi connectivity index (χ2n) is 6.83. The molecule has 0 spiro atoms. The molecular formula is C17H23N3O3S. The Hall–Kier alpha value is -1.60. The number of carbonyl (C=O) groups is 1. The number of nitrogens with one attached hydrogen (secondary N) is 1. The van der Waals surface area contributed by atoms with Gasteiger partial charge in [0.15, 0.2) is 0 Å². The smallest absolute Gasteiger partial charge is 0.283 e. The van der Waals surface area contributed by atoms with Crippen LogP contribution in [-0.4, -0.2) is 29.2 Å². The molecule has 1 aromatic carbocycles. The van der Waals surface area contributed by atoms with Gasteiger partial charge >= 0.3 is 0 Å². The molecule has 2 aliphatic rings. The molecule has 2 saturated carbocycles. The Labute approximate surface area is 145 Å². The molecule has 3 rings (SSSR count). The average Bonchev–Trinajstić information content (AvgIpc) is 2.54. The number of fused-ring (bicyclic) bond motifs is 2. The summed E-state index contributed by atoms with van der Waals surface area (Å²) >= 11 is 1.31. The summed E-state index contributed by atoms with van der Waals surface area (Å²) in [7, 11) is 0. The van der Waals surface area contributed by atoms with E-state index in [4.69, 9.17) is 5.73 Å². The molecule has 1 amide bonds. The molecule has 2 unspecified atom stereocenters. The van der Waals surface area contributed by atoms with E-state index >= 15 is 0 Å². The van der Waals surface area contributed by atoms with Crippen LogP contribution in [0.25, 0.3) is 0 Å². The highest BCUT2D eigenvalue weighted by molar-refractivity contribution is 7.98. The van der Waals surface area contributed by atoms with E-state index in [9.17, 15) is 14.9 Å². The molecule has 0 saturated heterocycles. The van der Waals surface area contributed by atoms with Gasteiger partial charge < -0.3 is 11.1 Å². The van der Waals surface area contributed by atoms with Crippen LogP contribution in [0.2, 0.25) is 0 Å². The lowest BCUT2D eigenvalue weighted by molar-refractivity contribution is -0.387. The number of amides is 1. The van der Waals surface area contributed by atoms with Crippen molar-refractivity contribution in [3.63, 3.8) is 0 Å². The lowest BCUT2D eigenvalue weighted by Crippen LogP contribution is -2.53. The van der Waals surface area contributed by atoms with Crippen molar-refractivity contribution in [3.05, 3.63) is 33.9 Å². The number of benzene rings is 1. The summed E-state index contributed by atoms with van der Waals surface area (Å²) in [5.74, 6) is 0.636. The fraction of sp³-hybridized carbons (Fsp3) is 0.588.